The van der Waals surface area contributed by atoms with Gasteiger partial charge in [-0.3, -0.25) is 4.79 Å². The molecule has 0 unspecified atom stereocenters. The summed E-state index contributed by atoms with van der Waals surface area (Å²) in [5.74, 6) is -1.17. The predicted octanol–water partition coefficient (Wildman–Crippen LogP) is 5.86. The van der Waals surface area contributed by atoms with E-state index in [0.717, 1.165) is 31.2 Å². The molecule has 1 saturated carbocycles. The van der Waals surface area contributed by atoms with Crippen LogP contribution in [0.25, 0.3) is 0 Å². The van der Waals surface area contributed by atoms with Crippen LogP contribution in [0.3, 0.4) is 0 Å². The second-order valence-corrected chi connectivity index (χ2v) is 34.2. The molecule has 1 aromatic rings. The molecular weight excluding hydrogens is 817 g/mol. The molecule has 2 rings (SSSR count). The third-order valence-corrected chi connectivity index (χ3v) is 15.9. The number of ether oxygens (including phenoxy) is 2. The van der Waals surface area contributed by atoms with E-state index in [4.69, 9.17) is 10.9 Å². The number of carbonyl (C=O) groups is 5. The van der Waals surface area contributed by atoms with E-state index in [1.54, 1.807) is 41.5 Å². The van der Waals surface area contributed by atoms with Crippen LogP contribution in [0.2, 0.25) is 16.2 Å². The van der Waals surface area contributed by atoms with Gasteiger partial charge < -0.3 is 25.8 Å². The van der Waals surface area contributed by atoms with Gasteiger partial charge in [0.1, 0.15) is 18.7 Å². The summed E-state index contributed by atoms with van der Waals surface area (Å²) in [5, 5.41) is 11.9. The SMILES string of the molecule is [2H]NCC1CCC(C(=O)N[C@@H](Cc2cc[c]([Sn]([CH3])([CH3])[CH3])cc2)C(=O)NCCCC[C@H](NC(=O)N[C@@H](CCC(=O)OC(C)(C)C)C(=O)OC(C)(C)C)C(C)(C)C)CC1. The standard InChI is InChI=1S/C40H66N5O7.3CH3.Sn/c1-38(2,3)32(45-37(50)44-30(36(49)52-40(7,8)9)22-23-33(46)51-39(4,5)6)17-13-14-24-42-35(48)31(25-27-15-11-10-12-16-27)43-34(47)29-20-18-28(26-41)19-21-29;;;;/h11-12,15-16,28-32H,13-14,17-26,41H2,1-9H3,(H,42,48)(H,43,47)(H2,44,45,50);3*1H3;/t28?,29?,30-,31-,32-;;;;/m0..../s1/i/hD. The number of hydrogen-bond donors (Lipinski definition) is 5. The number of nitrogens with two attached hydrogens (primary N) is 1. The summed E-state index contributed by atoms with van der Waals surface area (Å²) in [6.07, 6.45) is 5.56. The molecule has 318 valence electrons. The summed E-state index contributed by atoms with van der Waals surface area (Å²) >= 11 is -2.26. The summed E-state index contributed by atoms with van der Waals surface area (Å²) in [6.45, 7) is 17.6. The third-order valence-electron chi connectivity index (χ3n) is 10.0. The number of amides is 4. The van der Waals surface area contributed by atoms with Gasteiger partial charge in [-0.1, -0.05) is 20.8 Å². The number of hydrogen-bond acceptors (Lipinski definition) is 8. The Balaban J connectivity index is 2.03. The normalized spacial score (nSPS) is 18.4. The van der Waals surface area contributed by atoms with Crippen molar-refractivity contribution in [2.45, 2.75) is 171 Å². The molecular formula is C43H75N5O7Sn. The summed E-state index contributed by atoms with van der Waals surface area (Å²) < 4.78 is 19.7. The summed E-state index contributed by atoms with van der Waals surface area (Å²) in [4.78, 5) is 73.0. The molecule has 0 aromatic heterocycles. The van der Waals surface area contributed by atoms with Crippen LogP contribution >= 0.6 is 0 Å². The van der Waals surface area contributed by atoms with Crippen molar-refractivity contribution in [2.75, 3.05) is 13.1 Å². The van der Waals surface area contributed by atoms with E-state index < -0.39 is 59.6 Å². The zero-order valence-corrected chi connectivity index (χ0v) is 39.4. The molecule has 12 nitrogen and oxygen atoms in total. The van der Waals surface area contributed by atoms with Crippen LogP contribution in [-0.2, 0) is 35.1 Å². The third kappa shape index (κ3) is 19.0. The van der Waals surface area contributed by atoms with Gasteiger partial charge in [0.2, 0.25) is 0 Å². The second kappa shape index (κ2) is 21.8. The van der Waals surface area contributed by atoms with Crippen molar-refractivity contribution in [1.82, 2.24) is 21.3 Å². The van der Waals surface area contributed by atoms with E-state index in [-0.39, 0.29) is 42.0 Å². The van der Waals surface area contributed by atoms with Crippen LogP contribution in [0.1, 0.15) is 126 Å². The van der Waals surface area contributed by atoms with Gasteiger partial charge in [0, 0.05) is 12.5 Å². The Hall–Kier alpha value is -2.87. The average molecular weight is 894 g/mol. The molecule has 13 heteroatoms. The van der Waals surface area contributed by atoms with E-state index >= 15 is 0 Å². The van der Waals surface area contributed by atoms with Crippen molar-refractivity contribution in [2.24, 2.45) is 23.0 Å². The van der Waals surface area contributed by atoms with Crippen LogP contribution in [0.4, 0.5) is 4.79 Å². The summed E-state index contributed by atoms with van der Waals surface area (Å²) in [6, 6.07) is 5.93. The number of esters is 2. The quantitative estimate of drug-likeness (QED) is 0.0652. The Morgan fingerprint density at radius 3 is 1.95 bits per heavy atom. The van der Waals surface area contributed by atoms with E-state index in [2.05, 4.69) is 66.1 Å². The van der Waals surface area contributed by atoms with Crippen molar-refractivity contribution < 1.29 is 34.9 Å². The van der Waals surface area contributed by atoms with Gasteiger partial charge in [-0.2, -0.15) is 0 Å². The van der Waals surface area contributed by atoms with E-state index in [1.807, 2.05) is 20.8 Å². The minimum atomic E-state index is -2.26. The zero-order chi connectivity index (χ0) is 43.2. The Kier molecular flexibility index (Phi) is 18.5. The number of urea groups is 1. The van der Waals surface area contributed by atoms with Gasteiger partial charge in [-0.25, -0.2) is 9.59 Å². The molecule has 6 N–H and O–H groups in total. The van der Waals surface area contributed by atoms with Gasteiger partial charge in [0.25, 0.3) is 0 Å². The summed E-state index contributed by atoms with van der Waals surface area (Å²) in [5.41, 5.74) is 1.71. The fraction of sp³-hybridized carbons (Fsp3) is 0.744. The first-order valence-corrected chi connectivity index (χ1v) is 30.6. The van der Waals surface area contributed by atoms with Crippen molar-refractivity contribution in [3.63, 3.8) is 0 Å². The number of carbonyl (C=O) groups excluding carboxylic acids is 5. The Morgan fingerprint density at radius 2 is 1.41 bits per heavy atom. The fourth-order valence-electron chi connectivity index (χ4n) is 6.67. The first-order chi connectivity index (χ1) is 26.3. The van der Waals surface area contributed by atoms with Crippen molar-refractivity contribution >= 4 is 51.7 Å². The average Bonchev–Trinajstić information content (AvgIpc) is 3.07. The van der Waals surface area contributed by atoms with Crippen molar-refractivity contribution in [3.05, 3.63) is 29.8 Å². The first kappa shape index (κ1) is 47.5. The molecule has 0 saturated heterocycles. The molecule has 56 heavy (non-hydrogen) atoms. The Bertz CT molecular complexity index is 1460. The van der Waals surface area contributed by atoms with Crippen molar-refractivity contribution in [3.8, 4) is 0 Å². The van der Waals surface area contributed by atoms with Gasteiger partial charge in [-0.05, 0) is 59.9 Å². The first-order valence-electron chi connectivity index (χ1n) is 21.1. The Morgan fingerprint density at radius 1 is 0.804 bits per heavy atom. The van der Waals surface area contributed by atoms with Crippen LogP contribution in [0.15, 0.2) is 24.3 Å². The van der Waals surface area contributed by atoms with Crippen LogP contribution in [0.5, 0.6) is 0 Å². The monoisotopic (exact) mass is 894 g/mol. The Labute approximate surface area is 343 Å². The topological polar surface area (TPSA) is 178 Å². The fourth-order valence-corrected chi connectivity index (χ4v) is 10.00. The van der Waals surface area contributed by atoms with E-state index in [1.165, 1.54) is 3.58 Å². The molecule has 0 heterocycles. The summed E-state index contributed by atoms with van der Waals surface area (Å²) in [7, 11) is 0. The molecule has 3 atom stereocenters. The van der Waals surface area contributed by atoms with Crippen LogP contribution in [-0.4, -0.2) is 90.6 Å². The number of benzene rings is 1. The number of unbranched alkanes of at least 4 members (excludes halogenated alkanes) is 1. The van der Waals surface area contributed by atoms with Gasteiger partial charge >= 0.3 is 192 Å². The van der Waals surface area contributed by atoms with Crippen LogP contribution < -0.4 is 30.6 Å². The van der Waals surface area contributed by atoms with Crippen LogP contribution in [0, 0.1) is 17.3 Å². The predicted molar refractivity (Wildman–Crippen MR) is 226 cm³/mol. The molecule has 4 amide bonds. The maximum absolute atomic E-state index is 13.7. The molecule has 1 fully saturated rings. The molecule has 1 aromatic carbocycles. The number of nitrogens with one attached hydrogen (secondary N) is 4. The molecule has 1 aliphatic carbocycles. The molecule has 0 spiro atoms. The van der Waals surface area contributed by atoms with Gasteiger partial charge in [0.05, 0.1) is 0 Å². The zero-order valence-electron chi connectivity index (χ0n) is 37.5. The maximum atomic E-state index is 13.7. The van der Waals surface area contributed by atoms with E-state index in [9.17, 15) is 24.0 Å². The van der Waals surface area contributed by atoms with Crippen molar-refractivity contribution in [1.29, 1.82) is 0 Å². The minimum absolute atomic E-state index is 0.0225. The van der Waals surface area contributed by atoms with Gasteiger partial charge in [0.15, 0.2) is 0 Å². The second-order valence-electron chi connectivity index (χ2n) is 19.7. The number of rotatable bonds is 19. The van der Waals surface area contributed by atoms with E-state index in [0.29, 0.717) is 44.7 Å². The molecule has 0 bridgehead atoms. The molecule has 0 aliphatic heterocycles. The van der Waals surface area contributed by atoms with Gasteiger partial charge in [-0.15, -0.1) is 0 Å². The molecule has 1 aliphatic rings. The molecule has 0 radical (unpaired) electrons.